The lowest BCUT2D eigenvalue weighted by molar-refractivity contribution is 0.203. The lowest BCUT2D eigenvalue weighted by Gasteiger charge is -2.18. The molecule has 6 heteroatoms. The highest BCUT2D eigenvalue weighted by atomic mass is 31.2. The van der Waals surface area contributed by atoms with E-state index >= 15 is 0 Å². The van der Waals surface area contributed by atoms with Gasteiger partial charge in [0.25, 0.3) is 0 Å². The molecule has 5 nitrogen and oxygen atoms in total. The number of rotatable bonds is 7. The molecule has 0 radical (unpaired) electrons. The monoisotopic (exact) mass is 384 g/mol. The van der Waals surface area contributed by atoms with Crippen LogP contribution in [0.1, 0.15) is 12.5 Å². The average Bonchev–Trinajstić information content (AvgIpc) is 2.65. The molecule has 140 valence electrons. The van der Waals surface area contributed by atoms with Gasteiger partial charge in [-0.3, -0.25) is 4.57 Å². The second-order valence-electron chi connectivity index (χ2n) is 6.50. The van der Waals surface area contributed by atoms with E-state index in [1.165, 1.54) is 0 Å². The third-order valence-corrected chi connectivity index (χ3v) is 6.15. The van der Waals surface area contributed by atoms with E-state index in [9.17, 15) is 9.46 Å². The Hall–Kier alpha value is -2.17. The lowest BCUT2D eigenvalue weighted by atomic mass is 9.92. The molecule has 4 aromatic carbocycles. The number of aliphatic hydroxyl groups excluding tert-OH is 1. The SMILES string of the molecule is CCOP(=O)(O)Cc1ccc2cc(OCCO)c3cccc4ccc1c2c43. The summed E-state index contributed by atoms with van der Waals surface area (Å²) in [7, 11) is -3.68. The van der Waals surface area contributed by atoms with Crippen molar-refractivity contribution < 1.29 is 23.8 Å². The molecule has 2 N–H and O–H groups in total. The van der Waals surface area contributed by atoms with Gasteiger partial charge in [-0.15, -0.1) is 0 Å². The molecule has 4 rings (SSSR count). The van der Waals surface area contributed by atoms with Crippen LogP contribution in [0, 0.1) is 0 Å². The van der Waals surface area contributed by atoms with Crippen molar-refractivity contribution in [2.75, 3.05) is 19.8 Å². The maximum atomic E-state index is 12.3. The van der Waals surface area contributed by atoms with Crippen LogP contribution >= 0.6 is 7.60 Å². The second kappa shape index (κ2) is 7.10. The predicted octanol–water partition coefficient (Wildman–Crippen LogP) is 4.68. The topological polar surface area (TPSA) is 76.0 Å². The van der Waals surface area contributed by atoms with Crippen LogP contribution in [0.3, 0.4) is 0 Å². The maximum absolute atomic E-state index is 12.3. The van der Waals surface area contributed by atoms with E-state index in [4.69, 9.17) is 14.4 Å². The molecule has 0 bridgehead atoms. The predicted molar refractivity (Wildman–Crippen MR) is 108 cm³/mol. The standard InChI is InChI=1S/C21H21O5P/c1-2-26-27(23,24)13-16-7-6-15-12-19(25-11-10-22)18-5-3-4-14-8-9-17(16)21(15)20(14)18/h3-9,12,22H,2,10-11,13H2,1H3,(H,23,24). The van der Waals surface area contributed by atoms with E-state index in [1.807, 2.05) is 48.5 Å². The summed E-state index contributed by atoms with van der Waals surface area (Å²) in [4.78, 5) is 10.1. The van der Waals surface area contributed by atoms with Crippen molar-refractivity contribution in [2.24, 2.45) is 0 Å². The zero-order valence-electron chi connectivity index (χ0n) is 15.0. The fourth-order valence-electron chi connectivity index (χ4n) is 3.73. The van der Waals surface area contributed by atoms with Crippen LogP contribution in [0.5, 0.6) is 5.75 Å². The summed E-state index contributed by atoms with van der Waals surface area (Å²) in [6, 6.07) is 15.8. The molecule has 1 atom stereocenters. The molecule has 0 fully saturated rings. The summed E-state index contributed by atoms with van der Waals surface area (Å²) >= 11 is 0. The molecule has 0 aromatic heterocycles. The molecule has 0 spiro atoms. The van der Waals surface area contributed by atoms with Crippen molar-refractivity contribution in [3.8, 4) is 5.75 Å². The van der Waals surface area contributed by atoms with Crippen LogP contribution in [0.2, 0.25) is 0 Å². The molecule has 0 saturated heterocycles. The lowest BCUT2D eigenvalue weighted by Crippen LogP contribution is -2.02. The van der Waals surface area contributed by atoms with E-state index in [0.29, 0.717) is 0 Å². The van der Waals surface area contributed by atoms with Crippen LogP contribution in [-0.2, 0) is 15.3 Å². The van der Waals surface area contributed by atoms with Crippen LogP contribution < -0.4 is 4.74 Å². The van der Waals surface area contributed by atoms with Gasteiger partial charge in [0.05, 0.1) is 19.4 Å². The van der Waals surface area contributed by atoms with Crippen molar-refractivity contribution in [1.29, 1.82) is 0 Å². The number of hydrogen-bond donors (Lipinski definition) is 2. The Balaban J connectivity index is 1.98. The van der Waals surface area contributed by atoms with Gasteiger partial charge in [0, 0.05) is 10.8 Å². The summed E-state index contributed by atoms with van der Waals surface area (Å²) in [6.45, 7) is 2.09. The smallest absolute Gasteiger partial charge is 0.332 e. The number of hydrogen-bond acceptors (Lipinski definition) is 4. The van der Waals surface area contributed by atoms with Crippen LogP contribution in [-0.4, -0.2) is 29.8 Å². The van der Waals surface area contributed by atoms with Gasteiger partial charge in [0.1, 0.15) is 12.4 Å². The third-order valence-electron chi connectivity index (χ3n) is 4.75. The fourth-order valence-corrected chi connectivity index (χ4v) is 4.93. The van der Waals surface area contributed by atoms with Gasteiger partial charge in [0.15, 0.2) is 0 Å². The summed E-state index contributed by atoms with van der Waals surface area (Å²) in [5, 5.41) is 15.2. The zero-order valence-corrected chi connectivity index (χ0v) is 15.9. The first kappa shape index (κ1) is 18.2. The van der Waals surface area contributed by atoms with Crippen LogP contribution in [0.15, 0.2) is 48.5 Å². The Morgan fingerprint density at radius 3 is 2.56 bits per heavy atom. The minimum atomic E-state index is -3.68. The molecule has 0 aliphatic rings. The molecular formula is C21H21O5P. The molecule has 0 aliphatic carbocycles. The highest BCUT2D eigenvalue weighted by Gasteiger charge is 2.22. The molecular weight excluding hydrogens is 363 g/mol. The van der Waals surface area contributed by atoms with Crippen LogP contribution in [0.25, 0.3) is 32.3 Å². The Kier molecular flexibility index (Phi) is 4.79. The molecule has 1 unspecified atom stereocenters. The van der Waals surface area contributed by atoms with Crippen molar-refractivity contribution >= 4 is 39.9 Å². The van der Waals surface area contributed by atoms with E-state index in [-0.39, 0.29) is 26.0 Å². The van der Waals surface area contributed by atoms with Crippen molar-refractivity contribution in [3.63, 3.8) is 0 Å². The van der Waals surface area contributed by atoms with E-state index in [1.54, 1.807) is 6.92 Å². The van der Waals surface area contributed by atoms with Gasteiger partial charge in [-0.25, -0.2) is 0 Å². The minimum Gasteiger partial charge on any atom is -0.491 e. The maximum Gasteiger partial charge on any atom is 0.332 e. The molecule has 0 saturated carbocycles. The van der Waals surface area contributed by atoms with E-state index in [2.05, 4.69) is 0 Å². The van der Waals surface area contributed by atoms with Gasteiger partial charge in [-0.1, -0.05) is 42.5 Å². The summed E-state index contributed by atoms with van der Waals surface area (Å²) in [6.07, 6.45) is -0.0249. The Morgan fingerprint density at radius 1 is 1.00 bits per heavy atom. The summed E-state index contributed by atoms with van der Waals surface area (Å²) in [5.41, 5.74) is 0.790. The van der Waals surface area contributed by atoms with Gasteiger partial charge in [-0.2, -0.15) is 0 Å². The van der Waals surface area contributed by atoms with Gasteiger partial charge in [0.2, 0.25) is 0 Å². The third kappa shape index (κ3) is 3.28. The Morgan fingerprint density at radius 2 is 1.78 bits per heavy atom. The Labute approximate surface area is 157 Å². The highest BCUT2D eigenvalue weighted by molar-refractivity contribution is 7.52. The van der Waals surface area contributed by atoms with Gasteiger partial charge in [-0.05, 0) is 40.1 Å². The molecule has 0 aliphatic heterocycles. The number of ether oxygens (including phenoxy) is 1. The van der Waals surface area contributed by atoms with Crippen molar-refractivity contribution in [3.05, 3.63) is 54.1 Å². The highest BCUT2D eigenvalue weighted by Crippen LogP contribution is 2.48. The fraction of sp³-hybridized carbons (Fsp3) is 0.238. The minimum absolute atomic E-state index is 0.0249. The normalized spacial score (nSPS) is 14.2. The van der Waals surface area contributed by atoms with E-state index < -0.39 is 7.60 Å². The number of aliphatic hydroxyl groups is 1. The first-order valence-electron chi connectivity index (χ1n) is 8.93. The quantitative estimate of drug-likeness (QED) is 0.358. The number of benzene rings is 4. The largest absolute Gasteiger partial charge is 0.491 e. The average molecular weight is 384 g/mol. The van der Waals surface area contributed by atoms with Gasteiger partial charge >= 0.3 is 7.60 Å². The van der Waals surface area contributed by atoms with E-state index in [0.717, 1.165) is 43.6 Å². The van der Waals surface area contributed by atoms with Crippen molar-refractivity contribution in [1.82, 2.24) is 0 Å². The first-order valence-corrected chi connectivity index (χ1v) is 10.7. The molecule has 0 heterocycles. The second-order valence-corrected chi connectivity index (χ2v) is 8.35. The molecule has 27 heavy (non-hydrogen) atoms. The molecule has 4 aromatic rings. The molecule has 0 amide bonds. The van der Waals surface area contributed by atoms with Crippen molar-refractivity contribution in [2.45, 2.75) is 13.1 Å². The van der Waals surface area contributed by atoms with Crippen LogP contribution in [0.4, 0.5) is 0 Å². The summed E-state index contributed by atoms with van der Waals surface area (Å²) < 4.78 is 23.1. The first-order chi connectivity index (χ1) is 13.0. The van der Waals surface area contributed by atoms with Gasteiger partial charge < -0.3 is 19.3 Å². The zero-order chi connectivity index (χ0) is 19.0. The Bertz CT molecular complexity index is 1150. The summed E-state index contributed by atoms with van der Waals surface area (Å²) in [5.74, 6) is 0.726.